The third-order valence-electron chi connectivity index (χ3n) is 4.32. The first-order valence-corrected chi connectivity index (χ1v) is 10.3. The van der Waals surface area contributed by atoms with Gasteiger partial charge in [-0.3, -0.25) is 10.2 Å². The molecule has 0 radical (unpaired) electrons. The number of phenols is 1. The molecule has 16 heteroatoms. The van der Waals surface area contributed by atoms with E-state index in [9.17, 15) is 37.8 Å². The van der Waals surface area contributed by atoms with Gasteiger partial charge >= 0.3 is 18.4 Å². The molecule has 0 saturated heterocycles. The van der Waals surface area contributed by atoms with Crippen molar-refractivity contribution in [2.45, 2.75) is 12.4 Å². The van der Waals surface area contributed by atoms with Gasteiger partial charge in [0.2, 0.25) is 0 Å². The van der Waals surface area contributed by atoms with Gasteiger partial charge in [-0.1, -0.05) is 0 Å². The number of halogens is 3. The topological polar surface area (TPSA) is 208 Å². The molecule has 0 spiro atoms. The molecular formula is C21H23F3N6O7. The van der Waals surface area contributed by atoms with Crippen LogP contribution in [0, 0.1) is 5.41 Å². The SMILES string of the molecule is N=C(N)NCCOc1ccc(C(=O)NC[C@H](NC(=O)Nc2ccc(OC(F)(F)F)cc2)C(=O)O)c(O)c1. The summed E-state index contributed by atoms with van der Waals surface area (Å²) in [6, 6.07) is 5.29. The summed E-state index contributed by atoms with van der Waals surface area (Å²) in [5.41, 5.74) is 4.99. The Morgan fingerprint density at radius 2 is 1.70 bits per heavy atom. The molecule has 9 N–H and O–H groups in total. The predicted molar refractivity (Wildman–Crippen MR) is 123 cm³/mol. The molecule has 0 bridgehead atoms. The van der Waals surface area contributed by atoms with Crippen molar-refractivity contribution in [1.29, 1.82) is 5.41 Å². The lowest BCUT2D eigenvalue weighted by atomic mass is 10.1. The number of carboxylic acids is 1. The molecule has 37 heavy (non-hydrogen) atoms. The molecule has 0 fully saturated rings. The molecule has 2 rings (SSSR count). The Balaban J connectivity index is 1.89. The van der Waals surface area contributed by atoms with E-state index in [-0.39, 0.29) is 36.1 Å². The average Bonchev–Trinajstić information content (AvgIpc) is 2.79. The molecule has 2 aromatic rings. The Bertz CT molecular complexity index is 1130. The zero-order chi connectivity index (χ0) is 27.6. The van der Waals surface area contributed by atoms with Gasteiger partial charge in [-0.2, -0.15) is 0 Å². The van der Waals surface area contributed by atoms with Crippen molar-refractivity contribution < 1.29 is 47.2 Å². The van der Waals surface area contributed by atoms with Gasteiger partial charge in [0.15, 0.2) is 5.96 Å². The number of amides is 3. The van der Waals surface area contributed by atoms with Crippen LogP contribution in [0.25, 0.3) is 0 Å². The lowest BCUT2D eigenvalue weighted by Gasteiger charge is -2.16. The number of guanidine groups is 1. The van der Waals surface area contributed by atoms with E-state index in [1.54, 1.807) is 0 Å². The molecule has 1 atom stereocenters. The fraction of sp³-hybridized carbons (Fsp3) is 0.238. The maximum absolute atomic E-state index is 12.4. The van der Waals surface area contributed by atoms with Gasteiger partial charge in [0, 0.05) is 18.3 Å². The Labute approximate surface area is 207 Å². The van der Waals surface area contributed by atoms with Crippen molar-refractivity contribution in [2.75, 3.05) is 25.0 Å². The van der Waals surface area contributed by atoms with Crippen LogP contribution in [0.2, 0.25) is 0 Å². The van der Waals surface area contributed by atoms with Crippen LogP contribution in [0.15, 0.2) is 42.5 Å². The van der Waals surface area contributed by atoms with Crippen LogP contribution in [-0.4, -0.2) is 66.2 Å². The summed E-state index contributed by atoms with van der Waals surface area (Å²) in [6.07, 6.45) is -4.88. The van der Waals surface area contributed by atoms with Crippen molar-refractivity contribution in [2.24, 2.45) is 5.73 Å². The smallest absolute Gasteiger partial charge is 0.507 e. The van der Waals surface area contributed by atoms with Crippen LogP contribution in [0.5, 0.6) is 17.2 Å². The number of carbonyl (C=O) groups excluding carboxylic acids is 2. The molecule has 0 heterocycles. The van der Waals surface area contributed by atoms with Crippen LogP contribution in [0.4, 0.5) is 23.7 Å². The first-order valence-electron chi connectivity index (χ1n) is 10.3. The molecule has 0 aliphatic rings. The minimum Gasteiger partial charge on any atom is -0.507 e. The van der Waals surface area contributed by atoms with Gasteiger partial charge in [-0.25, -0.2) is 9.59 Å². The number of aromatic hydroxyl groups is 1. The van der Waals surface area contributed by atoms with Crippen LogP contribution in [0.1, 0.15) is 10.4 Å². The second-order valence-electron chi connectivity index (χ2n) is 7.14. The number of ether oxygens (including phenoxy) is 2. The highest BCUT2D eigenvalue weighted by Gasteiger charge is 2.31. The van der Waals surface area contributed by atoms with Crippen molar-refractivity contribution >= 4 is 29.6 Å². The lowest BCUT2D eigenvalue weighted by molar-refractivity contribution is -0.274. The van der Waals surface area contributed by atoms with E-state index >= 15 is 0 Å². The van der Waals surface area contributed by atoms with E-state index in [0.717, 1.165) is 30.3 Å². The molecular weight excluding hydrogens is 505 g/mol. The summed E-state index contributed by atoms with van der Waals surface area (Å²) in [5, 5.41) is 35.6. The van der Waals surface area contributed by atoms with Crippen LogP contribution in [0.3, 0.4) is 0 Å². The van der Waals surface area contributed by atoms with Crippen LogP contribution >= 0.6 is 0 Å². The maximum atomic E-state index is 12.4. The van der Waals surface area contributed by atoms with Gasteiger partial charge in [0.1, 0.15) is 29.9 Å². The number of anilines is 1. The van der Waals surface area contributed by atoms with E-state index in [0.29, 0.717) is 0 Å². The molecule has 3 amide bonds. The quantitative estimate of drug-likeness (QED) is 0.119. The van der Waals surface area contributed by atoms with E-state index < -0.39 is 48.4 Å². The number of nitrogens with two attached hydrogens (primary N) is 1. The summed E-state index contributed by atoms with van der Waals surface area (Å²) in [4.78, 5) is 36.0. The summed E-state index contributed by atoms with van der Waals surface area (Å²) in [7, 11) is 0. The monoisotopic (exact) mass is 528 g/mol. The first-order chi connectivity index (χ1) is 17.3. The van der Waals surface area contributed by atoms with Crippen molar-refractivity contribution in [3.05, 3.63) is 48.0 Å². The highest BCUT2D eigenvalue weighted by atomic mass is 19.4. The van der Waals surface area contributed by atoms with E-state index in [2.05, 4.69) is 26.0 Å². The number of rotatable bonds is 11. The number of hydrogen-bond donors (Lipinski definition) is 8. The third kappa shape index (κ3) is 10.1. The molecule has 0 unspecified atom stereocenters. The number of nitrogens with one attached hydrogen (secondary N) is 5. The zero-order valence-corrected chi connectivity index (χ0v) is 18.9. The Morgan fingerprint density at radius 1 is 1.05 bits per heavy atom. The number of alkyl halides is 3. The van der Waals surface area contributed by atoms with Gasteiger partial charge in [0.25, 0.3) is 5.91 Å². The summed E-state index contributed by atoms with van der Waals surface area (Å²) in [5.74, 6) is -3.31. The predicted octanol–water partition coefficient (Wildman–Crippen LogP) is 1.16. The van der Waals surface area contributed by atoms with Crippen LogP contribution < -0.4 is 36.5 Å². The van der Waals surface area contributed by atoms with Gasteiger partial charge in [-0.05, 0) is 36.4 Å². The van der Waals surface area contributed by atoms with Crippen LogP contribution in [-0.2, 0) is 4.79 Å². The largest absolute Gasteiger partial charge is 0.573 e. The number of hydrogen-bond acceptors (Lipinski definition) is 7. The number of benzene rings is 2. The van der Waals surface area contributed by atoms with E-state index in [4.69, 9.17) is 15.9 Å². The highest BCUT2D eigenvalue weighted by molar-refractivity contribution is 5.97. The lowest BCUT2D eigenvalue weighted by Crippen LogP contribution is -2.49. The molecule has 200 valence electrons. The number of phenolic OH excluding ortho intramolecular Hbond substituents is 1. The molecule has 0 aliphatic heterocycles. The minimum absolute atomic E-state index is 0.0458. The summed E-state index contributed by atoms with van der Waals surface area (Å²) >= 11 is 0. The van der Waals surface area contributed by atoms with Crippen molar-refractivity contribution in [3.8, 4) is 17.2 Å². The second-order valence-corrected chi connectivity index (χ2v) is 7.14. The Morgan fingerprint density at radius 3 is 2.27 bits per heavy atom. The van der Waals surface area contributed by atoms with Crippen molar-refractivity contribution in [3.63, 3.8) is 0 Å². The van der Waals surface area contributed by atoms with Gasteiger partial charge in [0.05, 0.1) is 12.1 Å². The molecule has 2 aromatic carbocycles. The minimum atomic E-state index is -4.88. The molecule has 0 aromatic heterocycles. The summed E-state index contributed by atoms with van der Waals surface area (Å²) < 4.78 is 45.7. The first kappa shape index (κ1) is 28.3. The molecule has 0 saturated carbocycles. The highest BCUT2D eigenvalue weighted by Crippen LogP contribution is 2.24. The second kappa shape index (κ2) is 12.7. The Kier molecular flexibility index (Phi) is 9.74. The van der Waals surface area contributed by atoms with Gasteiger partial charge in [-0.15, -0.1) is 13.2 Å². The molecule has 0 aliphatic carbocycles. The summed E-state index contributed by atoms with van der Waals surface area (Å²) in [6.45, 7) is -0.217. The fourth-order valence-corrected chi connectivity index (χ4v) is 2.70. The Hall–Kier alpha value is -4.89. The number of carbonyl (C=O) groups is 3. The third-order valence-corrected chi connectivity index (χ3v) is 4.32. The maximum Gasteiger partial charge on any atom is 0.573 e. The molecule has 13 nitrogen and oxygen atoms in total. The van der Waals surface area contributed by atoms with Gasteiger partial charge < -0.3 is 46.7 Å². The number of urea groups is 1. The van der Waals surface area contributed by atoms with E-state index in [1.165, 1.54) is 12.1 Å². The standard InChI is InChI=1S/C21H23F3N6O7/c22-21(23,24)37-12-3-1-11(2-4-12)29-20(35)30-15(18(33)34)10-28-17(32)14-6-5-13(9-16(14)31)36-8-7-27-19(25)26/h1-6,9,15,31H,7-8,10H2,(H,28,32)(H,33,34)(H4,25,26,27)(H2,29,30,35)/t15-/m0/s1. The fourth-order valence-electron chi connectivity index (χ4n) is 2.70. The average molecular weight is 528 g/mol. The van der Waals surface area contributed by atoms with Crippen molar-refractivity contribution in [1.82, 2.24) is 16.0 Å². The number of carboxylic acid groups (broad SMARTS) is 1. The normalized spacial score (nSPS) is 11.5. The zero-order valence-electron chi connectivity index (χ0n) is 18.9. The van der Waals surface area contributed by atoms with E-state index in [1.807, 2.05) is 0 Å². The number of aliphatic carboxylic acids is 1.